The van der Waals surface area contributed by atoms with E-state index < -0.39 is 12.1 Å². The molecule has 2 aromatic rings. The molecule has 1 unspecified atom stereocenters. The largest absolute Gasteiger partial charge is 0.481 e. The van der Waals surface area contributed by atoms with Crippen molar-refractivity contribution in [3.8, 4) is 11.3 Å². The molecule has 8 heteroatoms. The molecule has 1 saturated heterocycles. The minimum Gasteiger partial charge on any atom is -0.481 e. The predicted molar refractivity (Wildman–Crippen MR) is 86.9 cm³/mol. The molecule has 0 spiro atoms. The third-order valence-corrected chi connectivity index (χ3v) is 4.03. The summed E-state index contributed by atoms with van der Waals surface area (Å²) in [4.78, 5) is 24.9. The predicted octanol–water partition coefficient (Wildman–Crippen LogP) is 2.05. The fourth-order valence-corrected chi connectivity index (χ4v) is 2.72. The lowest BCUT2D eigenvalue weighted by atomic mass is 10.1. The number of hydrogen-bond acceptors (Lipinski definition) is 4. The fourth-order valence-electron chi connectivity index (χ4n) is 2.59. The number of carboxylic acid groups (broad SMARTS) is 1. The second-order valence-electron chi connectivity index (χ2n) is 5.52. The van der Waals surface area contributed by atoms with E-state index >= 15 is 0 Å². The average molecular weight is 350 g/mol. The normalized spacial score (nSPS) is 17.7. The molecule has 3 rings (SSSR count). The Balaban J connectivity index is 1.71. The third-order valence-electron chi connectivity index (χ3n) is 3.78. The maximum atomic E-state index is 12.6. The summed E-state index contributed by atoms with van der Waals surface area (Å²) in [6, 6.07) is 8.83. The highest BCUT2D eigenvalue weighted by Crippen LogP contribution is 2.21. The number of aliphatic carboxylic acids is 1. The van der Waals surface area contributed by atoms with Gasteiger partial charge in [-0.25, -0.2) is 0 Å². The maximum Gasteiger partial charge on any atom is 0.306 e. The van der Waals surface area contributed by atoms with Gasteiger partial charge in [-0.15, -0.1) is 0 Å². The third kappa shape index (κ3) is 3.74. The molecule has 0 saturated carbocycles. The van der Waals surface area contributed by atoms with Crippen molar-refractivity contribution in [2.75, 3.05) is 19.7 Å². The number of amides is 1. The van der Waals surface area contributed by atoms with E-state index in [0.717, 1.165) is 5.56 Å². The quantitative estimate of drug-likeness (QED) is 0.880. The van der Waals surface area contributed by atoms with Crippen LogP contribution in [0.15, 0.2) is 30.3 Å². The molecular weight excluding hydrogens is 334 g/mol. The van der Waals surface area contributed by atoms with Gasteiger partial charge in [0.15, 0.2) is 0 Å². The number of aromatic amines is 1. The second kappa shape index (κ2) is 7.02. The monoisotopic (exact) mass is 349 g/mol. The summed E-state index contributed by atoms with van der Waals surface area (Å²) in [6.07, 6.45) is -0.609. The SMILES string of the molecule is O=C(O)CC1CN(C(=O)c2cc(-c3ccc(Cl)cc3)n[nH]2)CCO1. The van der Waals surface area contributed by atoms with E-state index in [1.54, 1.807) is 23.1 Å². The highest BCUT2D eigenvalue weighted by atomic mass is 35.5. The fraction of sp³-hybridized carbons (Fsp3) is 0.312. The van der Waals surface area contributed by atoms with Gasteiger partial charge in [0.25, 0.3) is 5.91 Å². The average Bonchev–Trinajstić information content (AvgIpc) is 3.04. The number of aromatic nitrogens is 2. The van der Waals surface area contributed by atoms with Gasteiger partial charge in [0.2, 0.25) is 0 Å². The van der Waals surface area contributed by atoms with Crippen molar-refractivity contribution in [1.82, 2.24) is 15.1 Å². The summed E-state index contributed by atoms with van der Waals surface area (Å²) in [5.41, 5.74) is 1.85. The van der Waals surface area contributed by atoms with Crippen molar-refractivity contribution in [2.45, 2.75) is 12.5 Å². The molecule has 1 amide bonds. The van der Waals surface area contributed by atoms with Crippen LogP contribution in [0.2, 0.25) is 5.02 Å². The summed E-state index contributed by atoms with van der Waals surface area (Å²) in [5.74, 6) is -1.16. The van der Waals surface area contributed by atoms with Crippen LogP contribution in [0.4, 0.5) is 0 Å². The van der Waals surface area contributed by atoms with Crippen LogP contribution >= 0.6 is 11.6 Å². The van der Waals surface area contributed by atoms with E-state index in [-0.39, 0.29) is 18.9 Å². The van der Waals surface area contributed by atoms with Gasteiger partial charge in [-0.1, -0.05) is 23.7 Å². The number of carbonyl (C=O) groups excluding carboxylic acids is 1. The Kier molecular flexibility index (Phi) is 4.82. The molecule has 24 heavy (non-hydrogen) atoms. The topological polar surface area (TPSA) is 95.5 Å². The number of ether oxygens (including phenoxy) is 1. The minimum absolute atomic E-state index is 0.122. The van der Waals surface area contributed by atoms with E-state index in [1.165, 1.54) is 0 Å². The number of carboxylic acids is 1. The number of morpholine rings is 1. The Morgan fingerprint density at radius 2 is 2.12 bits per heavy atom. The van der Waals surface area contributed by atoms with Crippen molar-refractivity contribution in [1.29, 1.82) is 0 Å². The van der Waals surface area contributed by atoms with Crippen molar-refractivity contribution >= 4 is 23.5 Å². The Bertz CT molecular complexity index is 744. The molecule has 1 aliphatic rings. The van der Waals surface area contributed by atoms with Gasteiger partial charge in [-0.05, 0) is 18.2 Å². The van der Waals surface area contributed by atoms with Crippen LogP contribution in [0.3, 0.4) is 0 Å². The van der Waals surface area contributed by atoms with E-state index in [4.69, 9.17) is 21.4 Å². The van der Waals surface area contributed by atoms with Gasteiger partial charge in [0, 0.05) is 23.7 Å². The number of H-pyrrole nitrogens is 1. The Morgan fingerprint density at radius 1 is 1.38 bits per heavy atom. The zero-order valence-corrected chi connectivity index (χ0v) is 13.5. The molecule has 1 atom stereocenters. The van der Waals surface area contributed by atoms with Crippen LogP contribution in [0, 0.1) is 0 Å². The van der Waals surface area contributed by atoms with Crippen LogP contribution in [-0.2, 0) is 9.53 Å². The Labute approximate surface area is 143 Å². The van der Waals surface area contributed by atoms with E-state index in [1.807, 2.05) is 12.1 Å². The van der Waals surface area contributed by atoms with Gasteiger partial charge < -0.3 is 14.7 Å². The number of nitrogens with zero attached hydrogens (tertiary/aromatic N) is 2. The first-order chi connectivity index (χ1) is 11.5. The lowest BCUT2D eigenvalue weighted by Gasteiger charge is -2.31. The van der Waals surface area contributed by atoms with E-state index in [2.05, 4.69) is 10.2 Å². The number of halogens is 1. The summed E-state index contributed by atoms with van der Waals surface area (Å²) >= 11 is 5.86. The van der Waals surface area contributed by atoms with E-state index in [9.17, 15) is 9.59 Å². The lowest BCUT2D eigenvalue weighted by molar-refractivity contribution is -0.141. The van der Waals surface area contributed by atoms with Gasteiger partial charge in [-0.2, -0.15) is 5.10 Å². The van der Waals surface area contributed by atoms with Gasteiger partial charge in [0.1, 0.15) is 5.69 Å². The van der Waals surface area contributed by atoms with Crippen molar-refractivity contribution < 1.29 is 19.4 Å². The first-order valence-electron chi connectivity index (χ1n) is 7.47. The van der Waals surface area contributed by atoms with Crippen molar-refractivity contribution in [3.05, 3.63) is 41.0 Å². The summed E-state index contributed by atoms with van der Waals surface area (Å²) in [5, 5.41) is 16.4. The van der Waals surface area contributed by atoms with Crippen LogP contribution in [0.5, 0.6) is 0 Å². The van der Waals surface area contributed by atoms with Crippen molar-refractivity contribution in [3.63, 3.8) is 0 Å². The van der Waals surface area contributed by atoms with Crippen LogP contribution < -0.4 is 0 Å². The molecule has 2 N–H and O–H groups in total. The molecule has 0 aliphatic carbocycles. The second-order valence-corrected chi connectivity index (χ2v) is 5.95. The molecule has 1 fully saturated rings. The van der Waals surface area contributed by atoms with E-state index in [0.29, 0.717) is 29.6 Å². The molecule has 1 aromatic carbocycles. The number of hydrogen-bond donors (Lipinski definition) is 2. The van der Waals surface area contributed by atoms with Gasteiger partial charge in [0.05, 0.1) is 24.8 Å². The summed E-state index contributed by atoms with van der Waals surface area (Å²) < 4.78 is 5.38. The smallest absolute Gasteiger partial charge is 0.306 e. The lowest BCUT2D eigenvalue weighted by Crippen LogP contribution is -2.46. The first kappa shape index (κ1) is 16.5. The molecule has 7 nitrogen and oxygen atoms in total. The number of rotatable bonds is 4. The van der Waals surface area contributed by atoms with Crippen LogP contribution in [-0.4, -0.2) is 57.9 Å². The van der Waals surface area contributed by atoms with Gasteiger partial charge >= 0.3 is 5.97 Å². The summed E-state index contributed by atoms with van der Waals surface area (Å²) in [7, 11) is 0. The first-order valence-corrected chi connectivity index (χ1v) is 7.85. The van der Waals surface area contributed by atoms with Crippen molar-refractivity contribution in [2.24, 2.45) is 0 Å². The zero-order valence-electron chi connectivity index (χ0n) is 12.7. The van der Waals surface area contributed by atoms with Crippen LogP contribution in [0.25, 0.3) is 11.3 Å². The number of benzene rings is 1. The molecule has 1 aromatic heterocycles. The number of carbonyl (C=O) groups is 2. The highest BCUT2D eigenvalue weighted by Gasteiger charge is 2.27. The highest BCUT2D eigenvalue weighted by molar-refractivity contribution is 6.30. The maximum absolute atomic E-state index is 12.6. The Hall–Kier alpha value is -2.38. The molecule has 126 valence electrons. The molecule has 0 bridgehead atoms. The zero-order chi connectivity index (χ0) is 17.1. The summed E-state index contributed by atoms with van der Waals surface area (Å²) in [6.45, 7) is 0.993. The Morgan fingerprint density at radius 3 is 2.83 bits per heavy atom. The molecular formula is C16H16ClN3O4. The standard InChI is InChI=1S/C16H16ClN3O4/c17-11-3-1-10(2-4-11)13-8-14(19-18-13)16(23)20-5-6-24-12(9-20)7-15(21)22/h1-4,8,12H,5-7,9H2,(H,18,19)(H,21,22). The minimum atomic E-state index is -0.944. The molecule has 2 heterocycles. The molecule has 1 aliphatic heterocycles. The number of nitrogens with one attached hydrogen (secondary N) is 1. The van der Waals surface area contributed by atoms with Gasteiger partial charge in [-0.3, -0.25) is 14.7 Å². The van der Waals surface area contributed by atoms with Crippen LogP contribution in [0.1, 0.15) is 16.9 Å². The molecule has 0 radical (unpaired) electrons.